The molecule has 4 aliphatic rings. The van der Waals surface area contributed by atoms with Gasteiger partial charge in [-0.2, -0.15) is 0 Å². The second kappa shape index (κ2) is 6.84. The average molecular weight is 329 g/mol. The van der Waals surface area contributed by atoms with Crippen LogP contribution in [0.5, 0.6) is 0 Å². The maximum absolute atomic E-state index is 4.76. The van der Waals surface area contributed by atoms with Crippen LogP contribution in [0.2, 0.25) is 0 Å². The summed E-state index contributed by atoms with van der Waals surface area (Å²) in [7, 11) is 0. The molecule has 2 nitrogen and oxygen atoms in total. The van der Waals surface area contributed by atoms with Crippen molar-refractivity contribution in [3.8, 4) is 0 Å². The highest BCUT2D eigenvalue weighted by Gasteiger charge is 2.50. The number of aromatic amines is 1. The predicted octanol–water partition coefficient (Wildman–Crippen LogP) is 6.24. The minimum atomic E-state index is 0.647. The van der Waals surface area contributed by atoms with Crippen molar-refractivity contribution in [2.24, 2.45) is 23.2 Å². The van der Waals surface area contributed by atoms with Gasteiger partial charge >= 0.3 is 0 Å². The lowest BCUT2D eigenvalue weighted by molar-refractivity contribution is -0.0570. The van der Waals surface area contributed by atoms with Crippen molar-refractivity contribution in [3.63, 3.8) is 0 Å². The molecular formula is C22H36N2. The van der Waals surface area contributed by atoms with Gasteiger partial charge in [-0.25, -0.2) is 4.98 Å². The molecule has 0 aromatic carbocycles. The van der Waals surface area contributed by atoms with E-state index in [1.807, 2.05) is 0 Å². The number of aryl methyl sites for hydroxylation is 1. The second-order valence-corrected chi connectivity index (χ2v) is 9.49. The molecular weight excluding hydrogens is 292 g/mol. The van der Waals surface area contributed by atoms with Crippen molar-refractivity contribution in [2.45, 2.75) is 96.8 Å². The lowest BCUT2D eigenvalue weighted by Gasteiger charge is -2.57. The number of nitrogens with one attached hydrogen (secondary N) is 1. The Morgan fingerprint density at radius 3 is 2.17 bits per heavy atom. The van der Waals surface area contributed by atoms with Crippen LogP contribution in [0.4, 0.5) is 0 Å². The molecule has 4 aliphatic carbocycles. The highest BCUT2D eigenvalue weighted by molar-refractivity contribution is 5.08. The molecule has 134 valence electrons. The highest BCUT2D eigenvalue weighted by Crippen LogP contribution is 2.61. The molecule has 0 saturated heterocycles. The van der Waals surface area contributed by atoms with Crippen LogP contribution in [0.15, 0.2) is 6.20 Å². The summed E-state index contributed by atoms with van der Waals surface area (Å²) in [5.41, 5.74) is 2.10. The van der Waals surface area contributed by atoms with Crippen LogP contribution in [-0.4, -0.2) is 9.97 Å². The third-order valence-corrected chi connectivity index (χ3v) is 7.40. The minimum Gasteiger partial charge on any atom is -0.346 e. The van der Waals surface area contributed by atoms with Crippen LogP contribution in [0.25, 0.3) is 0 Å². The maximum Gasteiger partial charge on any atom is 0.109 e. The molecule has 1 aromatic heterocycles. The Kier molecular flexibility index (Phi) is 4.75. The van der Waals surface area contributed by atoms with E-state index in [1.54, 1.807) is 19.3 Å². The molecule has 0 amide bonds. The number of nitrogens with zero attached hydrogens (tertiary/aromatic N) is 1. The van der Waals surface area contributed by atoms with Crippen LogP contribution in [0.3, 0.4) is 0 Å². The summed E-state index contributed by atoms with van der Waals surface area (Å²) in [5, 5.41) is 0. The van der Waals surface area contributed by atoms with E-state index in [0.29, 0.717) is 11.3 Å². The fraction of sp³-hybridized carbons (Fsp3) is 0.864. The maximum atomic E-state index is 4.76. The summed E-state index contributed by atoms with van der Waals surface area (Å²) in [5.74, 6) is 5.14. The molecule has 5 rings (SSSR count). The van der Waals surface area contributed by atoms with Crippen LogP contribution >= 0.6 is 0 Å². The zero-order valence-corrected chi connectivity index (χ0v) is 15.8. The van der Waals surface area contributed by atoms with Crippen LogP contribution in [0.1, 0.15) is 102 Å². The smallest absolute Gasteiger partial charge is 0.109 e. The summed E-state index contributed by atoms with van der Waals surface area (Å²) in [6.45, 7) is 4.58. The predicted molar refractivity (Wildman–Crippen MR) is 100 cm³/mol. The standard InChI is InChI=1S/C22H36N2/c1-3-5-19(6-4-2)21-23-15-20(24-21)7-8-22-12-16-9-17(13-22)11-18(10-16)14-22/h15-19H,3-14H2,1-2H3,(H,23,24). The van der Waals surface area contributed by atoms with Crippen molar-refractivity contribution < 1.29 is 0 Å². The minimum absolute atomic E-state index is 0.647. The summed E-state index contributed by atoms with van der Waals surface area (Å²) in [6.07, 6.45) is 19.1. The number of H-pyrrole nitrogens is 1. The van der Waals surface area contributed by atoms with E-state index in [1.165, 1.54) is 69.3 Å². The largest absolute Gasteiger partial charge is 0.346 e. The third-order valence-electron chi connectivity index (χ3n) is 7.40. The van der Waals surface area contributed by atoms with E-state index in [2.05, 4.69) is 25.0 Å². The van der Waals surface area contributed by atoms with Crippen molar-refractivity contribution in [1.82, 2.24) is 9.97 Å². The Labute approximate surface area is 148 Å². The summed E-state index contributed by atoms with van der Waals surface area (Å²) in [6, 6.07) is 0. The Morgan fingerprint density at radius 1 is 1.04 bits per heavy atom. The normalized spacial score (nSPS) is 34.4. The molecule has 4 fully saturated rings. The van der Waals surface area contributed by atoms with Crippen molar-refractivity contribution in [2.75, 3.05) is 0 Å². The molecule has 0 atom stereocenters. The van der Waals surface area contributed by atoms with Gasteiger partial charge < -0.3 is 4.98 Å². The molecule has 1 heterocycles. The van der Waals surface area contributed by atoms with E-state index < -0.39 is 0 Å². The average Bonchev–Trinajstić information content (AvgIpc) is 3.00. The first-order valence-corrected chi connectivity index (χ1v) is 10.7. The van der Waals surface area contributed by atoms with Crippen molar-refractivity contribution >= 4 is 0 Å². The first kappa shape index (κ1) is 16.7. The molecule has 4 saturated carbocycles. The van der Waals surface area contributed by atoms with Crippen molar-refractivity contribution in [1.29, 1.82) is 0 Å². The number of hydrogen-bond acceptors (Lipinski definition) is 1. The SMILES string of the molecule is CCCC(CCC)c1ncc(CCC23CC4CC(CC(C4)C2)C3)[nH]1. The fourth-order valence-electron chi connectivity index (χ4n) is 6.82. The fourth-order valence-corrected chi connectivity index (χ4v) is 6.82. The Hall–Kier alpha value is -0.790. The second-order valence-electron chi connectivity index (χ2n) is 9.49. The molecule has 24 heavy (non-hydrogen) atoms. The van der Waals surface area contributed by atoms with E-state index in [-0.39, 0.29) is 0 Å². The summed E-state index contributed by atoms with van der Waals surface area (Å²) >= 11 is 0. The Bertz CT molecular complexity index is 503. The zero-order chi connectivity index (χ0) is 16.6. The molecule has 0 unspecified atom stereocenters. The molecule has 1 aromatic rings. The van der Waals surface area contributed by atoms with Gasteiger partial charge in [0, 0.05) is 17.8 Å². The van der Waals surface area contributed by atoms with E-state index >= 15 is 0 Å². The van der Waals surface area contributed by atoms with Gasteiger partial charge in [0.25, 0.3) is 0 Å². The van der Waals surface area contributed by atoms with Gasteiger partial charge in [0.15, 0.2) is 0 Å². The van der Waals surface area contributed by atoms with Gasteiger partial charge in [0.05, 0.1) is 0 Å². The molecule has 0 spiro atoms. The van der Waals surface area contributed by atoms with Gasteiger partial charge in [-0.15, -0.1) is 0 Å². The number of hydrogen-bond donors (Lipinski definition) is 1. The monoisotopic (exact) mass is 328 g/mol. The number of imidazole rings is 1. The van der Waals surface area contributed by atoms with E-state index in [4.69, 9.17) is 4.98 Å². The number of rotatable bonds is 8. The summed E-state index contributed by atoms with van der Waals surface area (Å²) < 4.78 is 0. The first-order chi connectivity index (χ1) is 11.7. The quantitative estimate of drug-likeness (QED) is 0.601. The van der Waals surface area contributed by atoms with Gasteiger partial charge in [-0.3, -0.25) is 0 Å². The zero-order valence-electron chi connectivity index (χ0n) is 15.8. The lowest BCUT2D eigenvalue weighted by atomic mass is 9.48. The van der Waals surface area contributed by atoms with Gasteiger partial charge in [-0.1, -0.05) is 26.7 Å². The van der Waals surface area contributed by atoms with Crippen LogP contribution in [0, 0.1) is 23.2 Å². The van der Waals surface area contributed by atoms with Gasteiger partial charge in [0.2, 0.25) is 0 Å². The van der Waals surface area contributed by atoms with Crippen LogP contribution in [-0.2, 0) is 6.42 Å². The molecule has 0 aliphatic heterocycles. The highest BCUT2D eigenvalue weighted by atomic mass is 14.9. The lowest BCUT2D eigenvalue weighted by Crippen LogP contribution is -2.46. The third kappa shape index (κ3) is 3.30. The van der Waals surface area contributed by atoms with E-state index in [9.17, 15) is 0 Å². The molecule has 4 bridgehead atoms. The topological polar surface area (TPSA) is 28.7 Å². The van der Waals surface area contributed by atoms with Gasteiger partial charge in [-0.05, 0) is 87.4 Å². The van der Waals surface area contributed by atoms with Crippen LogP contribution < -0.4 is 0 Å². The van der Waals surface area contributed by atoms with Crippen molar-refractivity contribution in [3.05, 3.63) is 17.7 Å². The molecule has 2 heteroatoms. The molecule has 1 N–H and O–H groups in total. The molecule has 0 radical (unpaired) electrons. The Morgan fingerprint density at radius 2 is 1.62 bits per heavy atom. The number of aromatic nitrogens is 2. The van der Waals surface area contributed by atoms with E-state index in [0.717, 1.165) is 17.8 Å². The first-order valence-electron chi connectivity index (χ1n) is 10.7. The Balaban J connectivity index is 1.38. The summed E-state index contributed by atoms with van der Waals surface area (Å²) in [4.78, 5) is 8.47. The van der Waals surface area contributed by atoms with Gasteiger partial charge in [0.1, 0.15) is 5.82 Å².